The van der Waals surface area contributed by atoms with Crippen molar-refractivity contribution in [3.05, 3.63) is 0 Å². The van der Waals surface area contributed by atoms with Crippen LogP contribution in [0.1, 0.15) is 137 Å². The van der Waals surface area contributed by atoms with Crippen molar-refractivity contribution in [2.75, 3.05) is 13.2 Å². The zero-order valence-corrected chi connectivity index (χ0v) is 21.2. The normalized spacial score (nSPS) is 13.0. The van der Waals surface area contributed by atoms with Gasteiger partial charge >= 0.3 is 11.9 Å². The van der Waals surface area contributed by atoms with Gasteiger partial charge in [-0.15, -0.1) is 0 Å². The third-order valence-electron chi connectivity index (χ3n) is 5.99. The Bertz CT molecular complexity index is 383. The van der Waals surface area contributed by atoms with E-state index in [2.05, 4.69) is 27.7 Å². The third-order valence-corrected chi connectivity index (χ3v) is 5.99. The molecule has 0 aromatic carbocycles. The molecule has 0 radical (unpaired) electrons. The Balaban J connectivity index is 4.35. The van der Waals surface area contributed by atoms with Crippen LogP contribution in [0.15, 0.2) is 0 Å². The molecule has 0 aliphatic rings. The molecule has 0 N–H and O–H groups in total. The highest BCUT2D eigenvalue weighted by Crippen LogP contribution is 2.24. The summed E-state index contributed by atoms with van der Waals surface area (Å²) in [7, 11) is 0. The molecule has 0 aromatic heterocycles. The van der Waals surface area contributed by atoms with Crippen LogP contribution < -0.4 is 0 Å². The number of unbranched alkanes of at least 4 members (excludes halogenated alkanes) is 10. The number of hydrogen-bond acceptors (Lipinski definition) is 4. The highest BCUT2D eigenvalue weighted by molar-refractivity contribution is 5.76. The fourth-order valence-corrected chi connectivity index (χ4v) is 4.05. The van der Waals surface area contributed by atoms with E-state index in [9.17, 15) is 9.59 Å². The molecule has 184 valence electrons. The van der Waals surface area contributed by atoms with Crippen molar-refractivity contribution in [2.24, 2.45) is 11.8 Å². The summed E-state index contributed by atoms with van der Waals surface area (Å²) in [5, 5.41) is 0. The van der Waals surface area contributed by atoms with Gasteiger partial charge < -0.3 is 9.47 Å². The van der Waals surface area contributed by atoms with Crippen molar-refractivity contribution in [2.45, 2.75) is 137 Å². The summed E-state index contributed by atoms with van der Waals surface area (Å²) < 4.78 is 11.2. The van der Waals surface area contributed by atoms with E-state index in [0.29, 0.717) is 19.6 Å². The average Bonchev–Trinajstić information content (AvgIpc) is 2.76. The second-order valence-corrected chi connectivity index (χ2v) is 9.08. The molecular formula is C27H52O4. The van der Waals surface area contributed by atoms with Gasteiger partial charge in [0.1, 0.15) is 0 Å². The molecule has 0 saturated carbocycles. The fourth-order valence-electron chi connectivity index (χ4n) is 4.05. The molecule has 0 aromatic rings. The first kappa shape index (κ1) is 29.9. The van der Waals surface area contributed by atoms with E-state index in [4.69, 9.17) is 9.47 Å². The van der Waals surface area contributed by atoms with Crippen LogP contribution in [0.25, 0.3) is 0 Å². The zero-order chi connectivity index (χ0) is 23.2. The minimum atomic E-state index is -0.191. The maximum atomic E-state index is 12.6. The van der Waals surface area contributed by atoms with E-state index in [1.807, 2.05) is 0 Å². The molecule has 0 aliphatic heterocycles. The molecule has 2 atom stereocenters. The molecule has 0 heterocycles. The van der Waals surface area contributed by atoms with Crippen LogP contribution in [0.5, 0.6) is 0 Å². The molecule has 4 heteroatoms. The molecule has 0 fully saturated rings. The summed E-state index contributed by atoms with van der Waals surface area (Å²) >= 11 is 0. The lowest BCUT2D eigenvalue weighted by Gasteiger charge is -2.21. The van der Waals surface area contributed by atoms with Crippen LogP contribution in [0.3, 0.4) is 0 Å². The largest absolute Gasteiger partial charge is 0.465 e. The van der Waals surface area contributed by atoms with Gasteiger partial charge in [0.2, 0.25) is 0 Å². The number of ether oxygens (including phenoxy) is 2. The lowest BCUT2D eigenvalue weighted by Crippen LogP contribution is -2.26. The molecular weight excluding hydrogens is 388 g/mol. The molecule has 0 saturated heterocycles. The van der Waals surface area contributed by atoms with Crippen LogP contribution in [0.2, 0.25) is 0 Å². The van der Waals surface area contributed by atoms with Crippen LogP contribution in [0, 0.1) is 11.8 Å². The second kappa shape index (κ2) is 22.1. The number of hydrogen-bond donors (Lipinski definition) is 0. The lowest BCUT2D eigenvalue weighted by molar-refractivity contribution is -0.153. The molecule has 0 amide bonds. The van der Waals surface area contributed by atoms with E-state index < -0.39 is 0 Å². The molecule has 0 aliphatic carbocycles. The first-order chi connectivity index (χ1) is 15.1. The van der Waals surface area contributed by atoms with Gasteiger partial charge in [-0.1, -0.05) is 105 Å². The lowest BCUT2D eigenvalue weighted by atomic mass is 9.88. The molecule has 0 spiro atoms. The highest BCUT2D eigenvalue weighted by atomic mass is 16.5. The van der Waals surface area contributed by atoms with Crippen LogP contribution in [-0.4, -0.2) is 25.2 Å². The van der Waals surface area contributed by atoms with E-state index in [-0.39, 0.29) is 23.8 Å². The minimum absolute atomic E-state index is 0.125. The summed E-state index contributed by atoms with van der Waals surface area (Å²) in [4.78, 5) is 25.3. The van der Waals surface area contributed by atoms with Gasteiger partial charge in [-0.2, -0.15) is 0 Å². The van der Waals surface area contributed by atoms with Gasteiger partial charge in [0.15, 0.2) is 0 Å². The zero-order valence-electron chi connectivity index (χ0n) is 21.2. The summed E-state index contributed by atoms with van der Waals surface area (Å²) in [5.41, 5.74) is 0. The van der Waals surface area contributed by atoms with E-state index in [1.54, 1.807) is 0 Å². The van der Waals surface area contributed by atoms with Crippen molar-refractivity contribution in [1.29, 1.82) is 0 Å². The minimum Gasteiger partial charge on any atom is -0.465 e. The van der Waals surface area contributed by atoms with Crippen molar-refractivity contribution < 1.29 is 19.1 Å². The maximum Gasteiger partial charge on any atom is 0.308 e. The molecule has 31 heavy (non-hydrogen) atoms. The van der Waals surface area contributed by atoms with Gasteiger partial charge in [0, 0.05) is 0 Å². The van der Waals surface area contributed by atoms with Crippen molar-refractivity contribution in [3.63, 3.8) is 0 Å². The Morgan fingerprint density at radius 3 is 1.23 bits per heavy atom. The standard InChI is InChI=1S/C27H52O4/c1-5-9-11-13-15-17-21-30-26(28)24(19-7-3)23-25(20-8-4)27(29)31-22-18-16-14-12-10-6-2/h24-25H,5-23H2,1-4H3. The summed E-state index contributed by atoms with van der Waals surface area (Å²) in [6, 6.07) is 0. The number of carbonyl (C=O) groups excluding carboxylic acids is 2. The second-order valence-electron chi connectivity index (χ2n) is 9.08. The van der Waals surface area contributed by atoms with Gasteiger partial charge in [0.25, 0.3) is 0 Å². The Labute approximate surface area is 193 Å². The fraction of sp³-hybridized carbons (Fsp3) is 0.926. The van der Waals surface area contributed by atoms with Crippen LogP contribution >= 0.6 is 0 Å². The maximum absolute atomic E-state index is 12.6. The van der Waals surface area contributed by atoms with Crippen LogP contribution in [0.4, 0.5) is 0 Å². The molecule has 2 unspecified atom stereocenters. The topological polar surface area (TPSA) is 52.6 Å². The molecule has 0 rings (SSSR count). The van der Waals surface area contributed by atoms with Gasteiger partial charge in [-0.05, 0) is 32.1 Å². The van der Waals surface area contributed by atoms with E-state index in [0.717, 1.165) is 51.4 Å². The predicted octanol–water partition coefficient (Wildman–Crippen LogP) is 8.02. The molecule has 0 bridgehead atoms. The van der Waals surface area contributed by atoms with Gasteiger partial charge in [-0.25, -0.2) is 0 Å². The number of rotatable bonds is 22. The van der Waals surface area contributed by atoms with Crippen molar-refractivity contribution >= 4 is 11.9 Å². The Hall–Kier alpha value is -1.06. The summed E-state index contributed by atoms with van der Waals surface area (Å²) in [5.74, 6) is -0.632. The van der Waals surface area contributed by atoms with E-state index >= 15 is 0 Å². The Morgan fingerprint density at radius 1 is 0.516 bits per heavy atom. The quantitative estimate of drug-likeness (QED) is 0.126. The van der Waals surface area contributed by atoms with E-state index in [1.165, 1.54) is 51.4 Å². The Kier molecular flexibility index (Phi) is 21.4. The third kappa shape index (κ3) is 17.2. The number of esters is 2. The SMILES string of the molecule is CCCCCCCCOC(=O)C(CCC)CC(CCC)C(=O)OCCCCCCCC. The van der Waals surface area contributed by atoms with Crippen molar-refractivity contribution in [3.8, 4) is 0 Å². The van der Waals surface area contributed by atoms with Gasteiger partial charge in [-0.3, -0.25) is 9.59 Å². The highest BCUT2D eigenvalue weighted by Gasteiger charge is 2.28. The van der Waals surface area contributed by atoms with Crippen molar-refractivity contribution in [1.82, 2.24) is 0 Å². The predicted molar refractivity (Wildman–Crippen MR) is 130 cm³/mol. The average molecular weight is 441 g/mol. The summed E-state index contributed by atoms with van der Waals surface area (Å²) in [6.07, 6.45) is 18.1. The summed E-state index contributed by atoms with van der Waals surface area (Å²) in [6.45, 7) is 9.61. The first-order valence-electron chi connectivity index (χ1n) is 13.4. The van der Waals surface area contributed by atoms with Crippen LogP contribution in [-0.2, 0) is 19.1 Å². The monoisotopic (exact) mass is 440 g/mol. The first-order valence-corrected chi connectivity index (χ1v) is 13.4. The van der Waals surface area contributed by atoms with Gasteiger partial charge in [0.05, 0.1) is 25.0 Å². The Morgan fingerprint density at radius 2 is 0.871 bits per heavy atom. The number of carbonyl (C=O) groups is 2. The smallest absolute Gasteiger partial charge is 0.308 e. The molecule has 4 nitrogen and oxygen atoms in total.